The van der Waals surface area contributed by atoms with Crippen molar-refractivity contribution in [1.29, 1.82) is 0 Å². The Kier molecular flexibility index (Phi) is 4.55. The molecule has 0 amide bonds. The minimum atomic E-state index is -0.482. The zero-order valence-corrected chi connectivity index (χ0v) is 13.0. The molecule has 0 aliphatic carbocycles. The number of hydrogen-bond acceptors (Lipinski definition) is 4. The van der Waals surface area contributed by atoms with Gasteiger partial charge in [-0.15, -0.1) is 0 Å². The lowest BCUT2D eigenvalue weighted by atomic mass is 9.84. The van der Waals surface area contributed by atoms with Crippen molar-refractivity contribution in [2.75, 3.05) is 27.3 Å². The topological polar surface area (TPSA) is 47.7 Å². The van der Waals surface area contributed by atoms with E-state index >= 15 is 0 Å². The normalized spacial score (nSPS) is 20.4. The number of rotatable bonds is 5. The highest BCUT2D eigenvalue weighted by molar-refractivity contribution is 5.45. The largest absolute Gasteiger partial charge is 0.497 e. The van der Waals surface area contributed by atoms with E-state index in [1.54, 1.807) is 14.2 Å². The molecular formula is C16H26N2O2. The lowest BCUT2D eigenvalue weighted by Crippen LogP contribution is -2.52. The van der Waals surface area contributed by atoms with Gasteiger partial charge in [-0.2, -0.15) is 0 Å². The summed E-state index contributed by atoms with van der Waals surface area (Å²) in [6.45, 7) is 6.53. The van der Waals surface area contributed by atoms with Crippen LogP contribution >= 0.6 is 0 Å². The van der Waals surface area contributed by atoms with E-state index in [1.807, 2.05) is 18.2 Å². The van der Waals surface area contributed by atoms with Crippen molar-refractivity contribution in [3.05, 3.63) is 23.8 Å². The maximum absolute atomic E-state index is 6.68. The maximum Gasteiger partial charge on any atom is 0.124 e. The lowest BCUT2D eigenvalue weighted by molar-refractivity contribution is 0.169. The van der Waals surface area contributed by atoms with Gasteiger partial charge in [0, 0.05) is 11.6 Å². The predicted molar refractivity (Wildman–Crippen MR) is 81.4 cm³/mol. The van der Waals surface area contributed by atoms with E-state index < -0.39 is 5.54 Å². The molecule has 1 heterocycles. The van der Waals surface area contributed by atoms with E-state index in [1.165, 1.54) is 12.8 Å². The second-order valence-corrected chi connectivity index (χ2v) is 5.77. The zero-order valence-electron chi connectivity index (χ0n) is 13.0. The molecule has 0 spiro atoms. The zero-order chi connectivity index (χ0) is 14.8. The summed E-state index contributed by atoms with van der Waals surface area (Å²) in [6, 6.07) is 6.08. The molecule has 0 bridgehead atoms. The maximum atomic E-state index is 6.68. The molecule has 0 radical (unpaired) electrons. The number of likely N-dealkylation sites (tertiary alicyclic amines) is 1. The Bertz CT molecular complexity index is 454. The van der Waals surface area contributed by atoms with Gasteiger partial charge in [0.05, 0.1) is 19.8 Å². The van der Waals surface area contributed by atoms with Crippen molar-refractivity contribution in [2.24, 2.45) is 5.73 Å². The van der Waals surface area contributed by atoms with Gasteiger partial charge in [-0.1, -0.05) is 0 Å². The average molecular weight is 278 g/mol. The molecule has 1 aromatic carbocycles. The van der Waals surface area contributed by atoms with Crippen LogP contribution in [0.1, 0.15) is 32.3 Å². The van der Waals surface area contributed by atoms with Gasteiger partial charge in [-0.25, -0.2) is 0 Å². The summed E-state index contributed by atoms with van der Waals surface area (Å²) in [6.07, 6.45) is 2.52. The second-order valence-electron chi connectivity index (χ2n) is 5.77. The number of methoxy groups -OCH3 is 2. The minimum absolute atomic E-state index is 0.256. The molecule has 112 valence electrons. The summed E-state index contributed by atoms with van der Waals surface area (Å²) < 4.78 is 10.8. The third kappa shape index (κ3) is 2.76. The Morgan fingerprint density at radius 3 is 2.40 bits per heavy atom. The van der Waals surface area contributed by atoms with E-state index in [2.05, 4.69) is 18.7 Å². The SMILES string of the molecule is COc1ccc(OC)c(C(C)(N)C(C)N2CCCC2)c1. The molecule has 0 aromatic heterocycles. The molecular weight excluding hydrogens is 252 g/mol. The first-order chi connectivity index (χ1) is 9.50. The molecule has 2 atom stereocenters. The lowest BCUT2D eigenvalue weighted by Gasteiger charge is -2.39. The molecule has 0 saturated carbocycles. The quantitative estimate of drug-likeness (QED) is 0.898. The highest BCUT2D eigenvalue weighted by Crippen LogP contribution is 2.36. The smallest absolute Gasteiger partial charge is 0.124 e. The van der Waals surface area contributed by atoms with E-state index in [-0.39, 0.29) is 6.04 Å². The Hall–Kier alpha value is -1.26. The van der Waals surface area contributed by atoms with E-state index in [0.717, 1.165) is 30.2 Å². The van der Waals surface area contributed by atoms with E-state index in [4.69, 9.17) is 15.2 Å². The minimum Gasteiger partial charge on any atom is -0.497 e. The van der Waals surface area contributed by atoms with Crippen LogP contribution in [0.15, 0.2) is 18.2 Å². The average Bonchev–Trinajstić information content (AvgIpc) is 2.99. The predicted octanol–water partition coefficient (Wildman–Crippen LogP) is 2.36. The molecule has 2 rings (SSSR count). The first-order valence-corrected chi connectivity index (χ1v) is 7.26. The standard InChI is InChI=1S/C16H26N2O2/c1-12(18-9-5-6-10-18)16(2,17)14-11-13(19-3)7-8-15(14)20-4/h7-8,11-12H,5-6,9-10,17H2,1-4H3. The third-order valence-corrected chi connectivity index (χ3v) is 4.54. The Labute approximate surface area is 121 Å². The van der Waals surface area contributed by atoms with Gasteiger partial charge in [0.25, 0.3) is 0 Å². The van der Waals surface area contributed by atoms with Gasteiger partial charge in [0.2, 0.25) is 0 Å². The summed E-state index contributed by atoms with van der Waals surface area (Å²) in [5, 5.41) is 0. The first-order valence-electron chi connectivity index (χ1n) is 7.26. The summed E-state index contributed by atoms with van der Waals surface area (Å²) in [5.74, 6) is 1.63. The van der Waals surface area contributed by atoms with Crippen LogP contribution in [-0.4, -0.2) is 38.3 Å². The highest BCUT2D eigenvalue weighted by atomic mass is 16.5. The van der Waals surface area contributed by atoms with Gasteiger partial charge in [0.1, 0.15) is 11.5 Å². The fourth-order valence-corrected chi connectivity index (χ4v) is 2.97. The van der Waals surface area contributed by atoms with Crippen LogP contribution in [0, 0.1) is 0 Å². The summed E-state index contributed by atoms with van der Waals surface area (Å²) in [7, 11) is 3.35. The Morgan fingerprint density at radius 1 is 1.20 bits per heavy atom. The molecule has 1 fully saturated rings. The van der Waals surface area contributed by atoms with Crippen molar-refractivity contribution in [1.82, 2.24) is 4.90 Å². The molecule has 2 unspecified atom stereocenters. The van der Waals surface area contributed by atoms with E-state index in [0.29, 0.717) is 0 Å². The molecule has 1 aliphatic rings. The fraction of sp³-hybridized carbons (Fsp3) is 0.625. The Balaban J connectivity index is 2.35. The molecule has 2 N–H and O–H groups in total. The van der Waals surface area contributed by atoms with Crippen molar-refractivity contribution in [2.45, 2.75) is 38.3 Å². The monoisotopic (exact) mass is 278 g/mol. The molecule has 20 heavy (non-hydrogen) atoms. The highest BCUT2D eigenvalue weighted by Gasteiger charge is 2.36. The van der Waals surface area contributed by atoms with Crippen LogP contribution in [-0.2, 0) is 5.54 Å². The number of benzene rings is 1. The van der Waals surface area contributed by atoms with Crippen molar-refractivity contribution < 1.29 is 9.47 Å². The van der Waals surface area contributed by atoms with Gasteiger partial charge < -0.3 is 15.2 Å². The third-order valence-electron chi connectivity index (χ3n) is 4.54. The first kappa shape index (κ1) is 15.1. The van der Waals surface area contributed by atoms with Crippen LogP contribution in [0.5, 0.6) is 11.5 Å². The fourth-order valence-electron chi connectivity index (χ4n) is 2.97. The molecule has 1 saturated heterocycles. The van der Waals surface area contributed by atoms with Crippen LogP contribution in [0.3, 0.4) is 0 Å². The van der Waals surface area contributed by atoms with E-state index in [9.17, 15) is 0 Å². The van der Waals surface area contributed by atoms with Gasteiger partial charge >= 0.3 is 0 Å². The van der Waals surface area contributed by atoms with Crippen molar-refractivity contribution >= 4 is 0 Å². The number of nitrogens with two attached hydrogens (primary N) is 1. The van der Waals surface area contributed by atoms with Crippen LogP contribution < -0.4 is 15.2 Å². The van der Waals surface area contributed by atoms with Crippen LogP contribution in [0.2, 0.25) is 0 Å². The van der Waals surface area contributed by atoms with Gasteiger partial charge in [0.15, 0.2) is 0 Å². The summed E-state index contributed by atoms with van der Waals surface area (Å²) >= 11 is 0. The van der Waals surface area contributed by atoms with Crippen molar-refractivity contribution in [3.63, 3.8) is 0 Å². The molecule has 4 nitrogen and oxygen atoms in total. The van der Waals surface area contributed by atoms with Crippen molar-refractivity contribution in [3.8, 4) is 11.5 Å². The number of nitrogens with zero attached hydrogens (tertiary/aromatic N) is 1. The number of hydrogen-bond donors (Lipinski definition) is 1. The molecule has 1 aromatic rings. The van der Waals surface area contributed by atoms with Gasteiger partial charge in [-0.05, 0) is 58.0 Å². The number of ether oxygens (including phenoxy) is 2. The molecule has 1 aliphatic heterocycles. The summed E-state index contributed by atoms with van der Waals surface area (Å²) in [5.41, 5.74) is 7.20. The Morgan fingerprint density at radius 2 is 1.85 bits per heavy atom. The second kappa shape index (κ2) is 6.02. The molecule has 4 heteroatoms. The van der Waals surface area contributed by atoms with Crippen LogP contribution in [0.4, 0.5) is 0 Å². The summed E-state index contributed by atoms with van der Waals surface area (Å²) in [4.78, 5) is 2.46. The van der Waals surface area contributed by atoms with Crippen LogP contribution in [0.25, 0.3) is 0 Å². The van der Waals surface area contributed by atoms with Gasteiger partial charge in [-0.3, -0.25) is 4.90 Å².